The molecule has 2 rings (SSSR count). The number of anilines is 1. The van der Waals surface area contributed by atoms with Crippen LogP contribution in [-0.2, 0) is 0 Å². The first-order valence-electron chi connectivity index (χ1n) is 7.85. The lowest BCUT2D eigenvalue weighted by Crippen LogP contribution is -2.56. The van der Waals surface area contributed by atoms with Crippen LogP contribution < -0.4 is 16.0 Å². The highest BCUT2D eigenvalue weighted by molar-refractivity contribution is 9.10. The average Bonchev–Trinajstić information content (AvgIpc) is 2.57. The summed E-state index contributed by atoms with van der Waals surface area (Å²) in [7, 11) is 0. The smallest absolute Gasteiger partial charge is 0.254 e. The van der Waals surface area contributed by atoms with Gasteiger partial charge in [-0.1, -0.05) is 53.0 Å². The Balaban J connectivity index is 2.10. The Labute approximate surface area is 187 Å². The monoisotopic (exact) mass is 507 g/mol. The van der Waals surface area contributed by atoms with Gasteiger partial charge in [0.1, 0.15) is 6.17 Å². The van der Waals surface area contributed by atoms with E-state index >= 15 is 0 Å². The SMILES string of the molecule is Cc1ccc(NC(=S)NC(NC(=O)c2ccccc2Br)C(Cl)(Cl)Cl)cc1C. The highest BCUT2D eigenvalue weighted by atomic mass is 79.9. The lowest BCUT2D eigenvalue weighted by molar-refractivity contribution is 0.0934. The van der Waals surface area contributed by atoms with Crippen LogP contribution in [0.25, 0.3) is 0 Å². The molecule has 0 aliphatic rings. The highest BCUT2D eigenvalue weighted by Gasteiger charge is 2.35. The van der Waals surface area contributed by atoms with Gasteiger partial charge in [0.2, 0.25) is 3.79 Å². The third-order valence-electron chi connectivity index (χ3n) is 3.76. The molecule has 0 spiro atoms. The molecule has 3 N–H and O–H groups in total. The van der Waals surface area contributed by atoms with E-state index in [1.54, 1.807) is 24.3 Å². The molecule has 1 amide bonds. The fourth-order valence-corrected chi connectivity index (χ4v) is 3.20. The third kappa shape index (κ3) is 6.50. The predicted octanol–water partition coefficient (Wildman–Crippen LogP) is 5.48. The molecule has 0 aliphatic carbocycles. The molecule has 0 saturated carbocycles. The maximum absolute atomic E-state index is 12.5. The minimum atomic E-state index is -1.83. The zero-order valence-corrected chi connectivity index (χ0v) is 19.1. The Morgan fingerprint density at radius 3 is 2.33 bits per heavy atom. The molecule has 1 atom stereocenters. The number of hydrogen-bond acceptors (Lipinski definition) is 2. The fourth-order valence-electron chi connectivity index (χ4n) is 2.17. The Kier molecular flexibility index (Phi) is 7.77. The van der Waals surface area contributed by atoms with Gasteiger partial charge in [-0.15, -0.1) is 0 Å². The standard InChI is InChI=1S/C18H17BrCl3N3OS/c1-10-7-8-12(9-11(10)2)23-17(27)25-16(18(20,21)22)24-15(26)13-5-3-4-6-14(13)19/h3-9,16H,1-2H3,(H,24,26)(H2,23,25,27). The zero-order chi connectivity index (χ0) is 20.2. The van der Waals surface area contributed by atoms with Crippen LogP contribution in [0.2, 0.25) is 0 Å². The van der Waals surface area contributed by atoms with E-state index in [2.05, 4.69) is 31.9 Å². The lowest BCUT2D eigenvalue weighted by atomic mass is 10.1. The number of halogens is 4. The first kappa shape index (κ1) is 22.2. The van der Waals surface area contributed by atoms with Crippen LogP contribution in [0.5, 0.6) is 0 Å². The third-order valence-corrected chi connectivity index (χ3v) is 5.33. The second-order valence-electron chi connectivity index (χ2n) is 5.83. The lowest BCUT2D eigenvalue weighted by Gasteiger charge is -2.28. The number of carbonyl (C=O) groups excluding carboxylic acids is 1. The van der Waals surface area contributed by atoms with Crippen LogP contribution in [0.4, 0.5) is 5.69 Å². The second-order valence-corrected chi connectivity index (χ2v) is 9.46. The fraction of sp³-hybridized carbons (Fsp3) is 0.222. The molecule has 0 bridgehead atoms. The molecule has 4 nitrogen and oxygen atoms in total. The molecule has 1 unspecified atom stereocenters. The number of aryl methyl sites for hydroxylation is 2. The molecule has 2 aromatic rings. The molecule has 0 aliphatic heterocycles. The molecule has 0 fully saturated rings. The van der Waals surface area contributed by atoms with Crippen molar-refractivity contribution in [2.45, 2.75) is 23.8 Å². The van der Waals surface area contributed by atoms with Gasteiger partial charge in [-0.25, -0.2) is 0 Å². The summed E-state index contributed by atoms with van der Waals surface area (Å²) in [6, 6.07) is 12.8. The van der Waals surface area contributed by atoms with Gasteiger partial charge in [0.15, 0.2) is 5.11 Å². The maximum atomic E-state index is 12.5. The minimum Gasteiger partial charge on any atom is -0.339 e. The molecular formula is C18H17BrCl3N3OS. The van der Waals surface area contributed by atoms with Crippen molar-refractivity contribution in [3.05, 3.63) is 63.6 Å². The number of rotatable bonds is 4. The van der Waals surface area contributed by atoms with E-state index in [1.807, 2.05) is 32.0 Å². The van der Waals surface area contributed by atoms with Crippen molar-refractivity contribution in [3.8, 4) is 0 Å². The summed E-state index contributed by atoms with van der Waals surface area (Å²) in [5.74, 6) is -0.416. The summed E-state index contributed by atoms with van der Waals surface area (Å²) in [5.41, 5.74) is 3.48. The van der Waals surface area contributed by atoms with Crippen LogP contribution in [0.3, 0.4) is 0 Å². The quantitative estimate of drug-likeness (QED) is 0.290. The van der Waals surface area contributed by atoms with E-state index in [9.17, 15) is 4.79 Å². The largest absolute Gasteiger partial charge is 0.339 e. The van der Waals surface area contributed by atoms with Gasteiger partial charge in [-0.3, -0.25) is 4.79 Å². The molecule has 0 heterocycles. The summed E-state index contributed by atoms with van der Waals surface area (Å²) in [5, 5.41) is 8.72. The van der Waals surface area contributed by atoms with Gasteiger partial charge >= 0.3 is 0 Å². The van der Waals surface area contributed by atoms with Gasteiger partial charge in [-0.05, 0) is 77.4 Å². The van der Waals surface area contributed by atoms with Crippen molar-refractivity contribution in [3.63, 3.8) is 0 Å². The highest BCUT2D eigenvalue weighted by Crippen LogP contribution is 2.29. The topological polar surface area (TPSA) is 53.2 Å². The van der Waals surface area contributed by atoms with Gasteiger partial charge < -0.3 is 16.0 Å². The number of thiocarbonyl (C=S) groups is 1. The molecule has 0 aromatic heterocycles. The van der Waals surface area contributed by atoms with E-state index < -0.39 is 15.9 Å². The Morgan fingerprint density at radius 1 is 1.07 bits per heavy atom. The van der Waals surface area contributed by atoms with Crippen molar-refractivity contribution in [2.24, 2.45) is 0 Å². The summed E-state index contributed by atoms with van der Waals surface area (Å²) < 4.78 is -1.20. The molecular weight excluding hydrogens is 493 g/mol. The number of carbonyl (C=O) groups is 1. The molecule has 0 saturated heterocycles. The minimum absolute atomic E-state index is 0.210. The maximum Gasteiger partial charge on any atom is 0.254 e. The normalized spacial score (nSPS) is 12.2. The van der Waals surface area contributed by atoms with Gasteiger partial charge in [0.25, 0.3) is 5.91 Å². The van der Waals surface area contributed by atoms with Crippen molar-refractivity contribution in [2.75, 3.05) is 5.32 Å². The molecule has 27 heavy (non-hydrogen) atoms. The second kappa shape index (κ2) is 9.43. The van der Waals surface area contributed by atoms with Crippen molar-refractivity contribution >= 4 is 79.7 Å². The molecule has 144 valence electrons. The first-order chi connectivity index (χ1) is 12.6. The summed E-state index contributed by atoms with van der Waals surface area (Å²) >= 11 is 26.7. The van der Waals surface area contributed by atoms with Crippen molar-refractivity contribution in [1.82, 2.24) is 10.6 Å². The molecule has 9 heteroatoms. The van der Waals surface area contributed by atoms with Crippen LogP contribution in [-0.4, -0.2) is 21.0 Å². The van der Waals surface area contributed by atoms with E-state index in [1.165, 1.54) is 5.56 Å². The Hall–Kier alpha value is -1.05. The van der Waals surface area contributed by atoms with Gasteiger partial charge in [0.05, 0.1) is 5.56 Å². The van der Waals surface area contributed by atoms with Crippen molar-refractivity contribution < 1.29 is 4.79 Å². The van der Waals surface area contributed by atoms with Gasteiger partial charge in [-0.2, -0.15) is 0 Å². The van der Waals surface area contributed by atoms with Crippen LogP contribution in [0, 0.1) is 13.8 Å². The summed E-state index contributed by atoms with van der Waals surface area (Å²) in [6.45, 7) is 4.02. The zero-order valence-electron chi connectivity index (χ0n) is 14.4. The molecule has 2 aromatic carbocycles. The predicted molar refractivity (Wildman–Crippen MR) is 121 cm³/mol. The Morgan fingerprint density at radius 2 is 1.74 bits per heavy atom. The average molecular weight is 510 g/mol. The summed E-state index contributed by atoms with van der Waals surface area (Å²) in [6.07, 6.45) is -1.05. The van der Waals surface area contributed by atoms with E-state index in [4.69, 9.17) is 47.0 Å². The number of amides is 1. The number of nitrogens with one attached hydrogen (secondary N) is 3. The van der Waals surface area contributed by atoms with E-state index in [-0.39, 0.29) is 5.11 Å². The van der Waals surface area contributed by atoms with E-state index in [0.29, 0.717) is 10.0 Å². The van der Waals surface area contributed by atoms with E-state index in [0.717, 1.165) is 11.3 Å². The van der Waals surface area contributed by atoms with Crippen LogP contribution >= 0.6 is 63.0 Å². The molecule has 0 radical (unpaired) electrons. The summed E-state index contributed by atoms with van der Waals surface area (Å²) in [4.78, 5) is 12.5. The van der Waals surface area contributed by atoms with Gasteiger partial charge in [0, 0.05) is 10.2 Å². The van der Waals surface area contributed by atoms with Crippen LogP contribution in [0.1, 0.15) is 21.5 Å². The first-order valence-corrected chi connectivity index (χ1v) is 10.2. The van der Waals surface area contributed by atoms with Crippen molar-refractivity contribution in [1.29, 1.82) is 0 Å². The van der Waals surface area contributed by atoms with Crippen LogP contribution in [0.15, 0.2) is 46.9 Å². The number of hydrogen-bond donors (Lipinski definition) is 3. The Bertz CT molecular complexity index is 858. The number of benzene rings is 2. The number of alkyl halides is 3.